The smallest absolute Gasteiger partial charge is 0.229 e. The zero-order valence-electron chi connectivity index (χ0n) is 20.2. The van der Waals surface area contributed by atoms with Gasteiger partial charge in [0.25, 0.3) is 0 Å². The molecule has 3 aromatic rings. The van der Waals surface area contributed by atoms with Crippen LogP contribution in [0.25, 0.3) is 0 Å². The van der Waals surface area contributed by atoms with Crippen LogP contribution in [0.1, 0.15) is 36.2 Å². The molecule has 0 bridgehead atoms. The summed E-state index contributed by atoms with van der Waals surface area (Å²) in [5, 5.41) is 15.5. The second-order valence-electron chi connectivity index (χ2n) is 8.66. The topological polar surface area (TPSA) is 109 Å². The summed E-state index contributed by atoms with van der Waals surface area (Å²) in [5.41, 5.74) is 8.98. The summed E-state index contributed by atoms with van der Waals surface area (Å²) in [7, 11) is 0. The predicted molar refractivity (Wildman–Crippen MR) is 135 cm³/mol. The van der Waals surface area contributed by atoms with Crippen LogP contribution in [0, 0.1) is 11.6 Å². The number of rotatable bonds is 11. The van der Waals surface area contributed by atoms with Crippen LogP contribution in [-0.4, -0.2) is 45.5 Å². The van der Waals surface area contributed by atoms with Crippen LogP contribution in [-0.2, 0) is 35.4 Å². The Morgan fingerprint density at radius 3 is 2.50 bits per heavy atom. The highest BCUT2D eigenvalue weighted by molar-refractivity contribution is 7.13. The predicted octanol–water partition coefficient (Wildman–Crippen LogP) is 3.44. The molecule has 2 atom stereocenters. The van der Waals surface area contributed by atoms with Crippen molar-refractivity contribution in [2.75, 3.05) is 11.9 Å². The normalized spacial score (nSPS) is 12.7. The highest BCUT2D eigenvalue weighted by Crippen LogP contribution is 2.18. The van der Waals surface area contributed by atoms with Crippen LogP contribution in [0.3, 0.4) is 0 Å². The minimum Gasteiger partial charge on any atom is -0.390 e. The van der Waals surface area contributed by atoms with Crippen molar-refractivity contribution >= 4 is 28.3 Å². The van der Waals surface area contributed by atoms with Gasteiger partial charge >= 0.3 is 0 Å². The van der Waals surface area contributed by atoms with Crippen molar-refractivity contribution in [1.82, 2.24) is 9.88 Å². The minimum atomic E-state index is -1.14. The number of nitrogens with two attached hydrogens (primary N) is 1. The van der Waals surface area contributed by atoms with Gasteiger partial charge in [-0.15, -0.1) is 11.3 Å². The second kappa shape index (κ2) is 12.7. The van der Waals surface area contributed by atoms with Crippen LogP contribution < -0.4 is 11.1 Å². The van der Waals surface area contributed by atoms with E-state index in [1.807, 2.05) is 31.2 Å². The Kier molecular flexibility index (Phi) is 9.63. The first kappa shape index (κ1) is 27.4. The van der Waals surface area contributed by atoms with Gasteiger partial charge in [-0.25, -0.2) is 13.8 Å². The molecule has 0 radical (unpaired) electrons. The molecular formula is C26H30F2N4O3S. The number of halogens is 2. The minimum absolute atomic E-state index is 0.0272. The van der Waals surface area contributed by atoms with E-state index in [1.165, 1.54) is 35.3 Å². The van der Waals surface area contributed by atoms with E-state index in [9.17, 15) is 23.5 Å². The molecule has 0 aliphatic carbocycles. The van der Waals surface area contributed by atoms with Gasteiger partial charge in [-0.05, 0) is 41.7 Å². The number of aromatic nitrogens is 1. The number of anilines is 1. The molecule has 0 saturated carbocycles. The Labute approximate surface area is 213 Å². The van der Waals surface area contributed by atoms with E-state index in [2.05, 4.69) is 10.3 Å². The number of amides is 2. The van der Waals surface area contributed by atoms with Crippen molar-refractivity contribution in [2.24, 2.45) is 5.73 Å². The van der Waals surface area contributed by atoms with E-state index >= 15 is 0 Å². The summed E-state index contributed by atoms with van der Waals surface area (Å²) in [6, 6.07) is 10.1. The fourth-order valence-electron chi connectivity index (χ4n) is 3.78. The lowest BCUT2D eigenvalue weighted by atomic mass is 10.0. The molecule has 36 heavy (non-hydrogen) atoms. The van der Waals surface area contributed by atoms with Crippen molar-refractivity contribution in [1.29, 1.82) is 0 Å². The van der Waals surface area contributed by atoms with E-state index in [4.69, 9.17) is 5.73 Å². The molecule has 0 aliphatic rings. The maximum Gasteiger partial charge on any atom is 0.229 e. The van der Waals surface area contributed by atoms with Crippen LogP contribution in [0.15, 0.2) is 47.8 Å². The summed E-state index contributed by atoms with van der Waals surface area (Å²) in [6.45, 7) is 3.58. The van der Waals surface area contributed by atoms with Crippen molar-refractivity contribution < 1.29 is 23.5 Å². The third-order valence-corrected chi connectivity index (χ3v) is 6.39. The number of carbonyl (C=O) groups excluding carboxylic acids is 2. The van der Waals surface area contributed by atoms with Gasteiger partial charge in [-0.3, -0.25) is 9.59 Å². The largest absolute Gasteiger partial charge is 0.390 e. The first-order chi connectivity index (χ1) is 17.1. The van der Waals surface area contributed by atoms with Crippen molar-refractivity contribution in [2.45, 2.75) is 51.8 Å². The van der Waals surface area contributed by atoms with Crippen molar-refractivity contribution in [3.8, 4) is 0 Å². The molecular weight excluding hydrogens is 486 g/mol. The lowest BCUT2D eigenvalue weighted by Gasteiger charge is -2.28. The SMILES string of the molecule is CCc1cccc(CN(C[C@@H](O)[C@@H](N)Cc2cc(F)cc(F)c2)C(=O)Cc2csc(NC(C)=O)n2)c1. The van der Waals surface area contributed by atoms with Crippen LogP contribution in [0.5, 0.6) is 0 Å². The van der Waals surface area contributed by atoms with Gasteiger partial charge in [0, 0.05) is 37.5 Å². The van der Waals surface area contributed by atoms with Crippen LogP contribution in [0.4, 0.5) is 13.9 Å². The molecule has 0 fully saturated rings. The first-order valence-corrected chi connectivity index (χ1v) is 12.5. The quantitative estimate of drug-likeness (QED) is 0.362. The van der Waals surface area contributed by atoms with Gasteiger partial charge in [0.1, 0.15) is 11.6 Å². The van der Waals surface area contributed by atoms with Crippen LogP contribution in [0.2, 0.25) is 0 Å². The Bertz CT molecular complexity index is 1180. The molecule has 1 aromatic heterocycles. The summed E-state index contributed by atoms with van der Waals surface area (Å²) < 4.78 is 27.1. The number of hydrogen-bond acceptors (Lipinski definition) is 6. The summed E-state index contributed by atoms with van der Waals surface area (Å²) in [5.74, 6) is -1.98. The number of nitrogens with one attached hydrogen (secondary N) is 1. The van der Waals surface area contributed by atoms with Gasteiger partial charge in [-0.1, -0.05) is 31.2 Å². The number of carbonyl (C=O) groups is 2. The monoisotopic (exact) mass is 516 g/mol. The first-order valence-electron chi connectivity index (χ1n) is 11.6. The lowest BCUT2D eigenvalue weighted by molar-refractivity contribution is -0.132. The van der Waals surface area contributed by atoms with Gasteiger partial charge in [0.2, 0.25) is 11.8 Å². The highest BCUT2D eigenvalue weighted by Gasteiger charge is 2.24. The molecule has 0 spiro atoms. The van der Waals surface area contributed by atoms with Gasteiger partial charge in [0.15, 0.2) is 5.13 Å². The number of benzene rings is 2. The molecule has 2 aromatic carbocycles. The van der Waals surface area contributed by atoms with Crippen molar-refractivity contribution in [3.63, 3.8) is 0 Å². The third-order valence-electron chi connectivity index (χ3n) is 5.59. The number of nitrogens with zero attached hydrogens (tertiary/aromatic N) is 2. The maximum atomic E-state index is 13.6. The fourth-order valence-corrected chi connectivity index (χ4v) is 4.54. The highest BCUT2D eigenvalue weighted by atomic mass is 32.1. The van der Waals surface area contributed by atoms with Gasteiger partial charge < -0.3 is 21.1 Å². The van der Waals surface area contributed by atoms with E-state index in [1.54, 1.807) is 5.38 Å². The number of aryl methyl sites for hydroxylation is 1. The van der Waals surface area contributed by atoms with E-state index in [0.717, 1.165) is 23.6 Å². The molecule has 192 valence electrons. The summed E-state index contributed by atoms with van der Waals surface area (Å²) in [6.07, 6.45) is -0.291. The fraction of sp³-hybridized carbons (Fsp3) is 0.346. The van der Waals surface area contributed by atoms with E-state index < -0.39 is 23.8 Å². The van der Waals surface area contributed by atoms with Gasteiger partial charge in [-0.2, -0.15) is 0 Å². The number of aliphatic hydroxyl groups excluding tert-OH is 1. The zero-order chi connectivity index (χ0) is 26.2. The number of aliphatic hydroxyl groups is 1. The average molecular weight is 517 g/mol. The molecule has 0 saturated heterocycles. The van der Waals surface area contributed by atoms with Crippen molar-refractivity contribution in [3.05, 3.63) is 81.9 Å². The molecule has 10 heteroatoms. The summed E-state index contributed by atoms with van der Waals surface area (Å²) >= 11 is 1.22. The molecule has 1 heterocycles. The molecule has 7 nitrogen and oxygen atoms in total. The Balaban J connectivity index is 1.74. The van der Waals surface area contributed by atoms with E-state index in [0.29, 0.717) is 16.4 Å². The third kappa shape index (κ3) is 8.18. The average Bonchev–Trinajstić information content (AvgIpc) is 3.23. The Morgan fingerprint density at radius 2 is 1.83 bits per heavy atom. The molecule has 0 unspecified atom stereocenters. The number of hydrogen-bond donors (Lipinski definition) is 3. The summed E-state index contributed by atoms with van der Waals surface area (Å²) in [4.78, 5) is 30.3. The molecule has 0 aliphatic heterocycles. The Morgan fingerprint density at radius 1 is 1.14 bits per heavy atom. The van der Waals surface area contributed by atoms with Crippen LogP contribution >= 0.6 is 11.3 Å². The lowest BCUT2D eigenvalue weighted by Crippen LogP contribution is -2.46. The standard InChI is InChI=1S/C26H30F2N4O3S/c1-3-17-5-4-6-18(7-17)13-32(25(35)12-22-15-36-26(31-22)30-16(2)33)14-24(34)23(29)10-19-8-20(27)11-21(28)9-19/h4-9,11,15,23-24,34H,3,10,12-14,29H2,1-2H3,(H,30,31,33)/t23-,24+/m0/s1. The maximum absolute atomic E-state index is 13.6. The molecule has 3 rings (SSSR count). The number of thiazole rings is 1. The van der Waals surface area contributed by atoms with Gasteiger partial charge in [0.05, 0.1) is 18.2 Å². The zero-order valence-corrected chi connectivity index (χ0v) is 21.0. The second-order valence-corrected chi connectivity index (χ2v) is 9.52. The van der Waals surface area contributed by atoms with E-state index in [-0.39, 0.29) is 37.7 Å². The molecule has 2 amide bonds. The Hall–Kier alpha value is -3.21. The molecule has 4 N–H and O–H groups in total.